The van der Waals surface area contributed by atoms with Crippen molar-refractivity contribution in [1.82, 2.24) is 4.90 Å². The highest BCUT2D eigenvalue weighted by Gasteiger charge is 2.23. The molecule has 104 valence electrons. The molecule has 1 aliphatic rings. The maximum absolute atomic E-state index is 13.1. The summed E-state index contributed by atoms with van der Waals surface area (Å²) in [5, 5.41) is 9.53. The average molecular weight is 265 g/mol. The number of likely N-dealkylation sites (tertiary alicyclic amines) is 1. The highest BCUT2D eigenvalue weighted by Crippen LogP contribution is 2.20. The molecule has 19 heavy (non-hydrogen) atoms. The van der Waals surface area contributed by atoms with Crippen molar-refractivity contribution in [3.63, 3.8) is 0 Å². The second-order valence-electron chi connectivity index (χ2n) is 5.29. The van der Waals surface area contributed by atoms with E-state index in [1.54, 1.807) is 12.1 Å². The van der Waals surface area contributed by atoms with Gasteiger partial charge in [0.2, 0.25) is 0 Å². The second-order valence-corrected chi connectivity index (χ2v) is 5.29. The lowest BCUT2D eigenvalue weighted by molar-refractivity contribution is 0.0664. The molecule has 0 bridgehead atoms. The van der Waals surface area contributed by atoms with E-state index in [2.05, 4.69) is 4.90 Å². The van der Waals surface area contributed by atoms with Gasteiger partial charge >= 0.3 is 0 Å². The molecule has 2 rings (SSSR count). The molecule has 1 atom stereocenters. The van der Waals surface area contributed by atoms with E-state index in [9.17, 15) is 14.3 Å². The van der Waals surface area contributed by atoms with Gasteiger partial charge in [-0.15, -0.1) is 0 Å². The Bertz CT molecular complexity index is 440. The van der Waals surface area contributed by atoms with Crippen LogP contribution in [-0.2, 0) is 0 Å². The minimum absolute atomic E-state index is 0.0463. The van der Waals surface area contributed by atoms with E-state index < -0.39 is 0 Å². The first-order chi connectivity index (χ1) is 9.06. The maximum atomic E-state index is 13.1. The fourth-order valence-electron chi connectivity index (χ4n) is 2.55. The predicted octanol–water partition coefficient (Wildman–Crippen LogP) is 2.10. The summed E-state index contributed by atoms with van der Waals surface area (Å²) in [5.74, 6) is -0.0887. The molecule has 0 saturated carbocycles. The van der Waals surface area contributed by atoms with Gasteiger partial charge < -0.3 is 5.11 Å². The van der Waals surface area contributed by atoms with E-state index in [-0.39, 0.29) is 17.7 Å². The number of hydrogen-bond acceptors (Lipinski definition) is 3. The van der Waals surface area contributed by atoms with Crippen molar-refractivity contribution in [1.29, 1.82) is 0 Å². The summed E-state index contributed by atoms with van der Waals surface area (Å²) < 4.78 is 13.1. The molecular formula is C15H20FNO2. The fraction of sp³-hybridized carbons (Fsp3) is 0.533. The zero-order valence-electron chi connectivity index (χ0n) is 11.2. The second kappa shape index (κ2) is 6.26. The smallest absolute Gasteiger partial charge is 0.176 e. The number of rotatable bonds is 4. The van der Waals surface area contributed by atoms with E-state index in [1.807, 2.05) is 6.92 Å². The van der Waals surface area contributed by atoms with Crippen LogP contribution in [0.15, 0.2) is 24.3 Å². The minimum atomic E-state index is -0.376. The van der Waals surface area contributed by atoms with Crippen LogP contribution in [0.25, 0.3) is 0 Å². The molecule has 0 amide bonds. The van der Waals surface area contributed by atoms with E-state index >= 15 is 0 Å². The molecule has 0 aromatic heterocycles. The molecule has 4 heteroatoms. The predicted molar refractivity (Wildman–Crippen MR) is 71.6 cm³/mol. The molecular weight excluding hydrogens is 245 g/mol. The van der Waals surface area contributed by atoms with Gasteiger partial charge in [-0.1, -0.05) is 12.1 Å². The number of aliphatic hydroxyl groups is 1. The number of piperidine rings is 1. The normalized spacial score (nSPS) is 19.3. The monoisotopic (exact) mass is 265 g/mol. The Morgan fingerprint density at radius 3 is 2.74 bits per heavy atom. The number of carbonyl (C=O) groups is 1. The van der Waals surface area contributed by atoms with Gasteiger partial charge in [-0.25, -0.2) is 4.39 Å². The lowest BCUT2D eigenvalue weighted by Gasteiger charge is -2.32. The number of nitrogens with zero attached hydrogens (tertiary/aromatic N) is 1. The van der Waals surface area contributed by atoms with Crippen LogP contribution in [0.3, 0.4) is 0 Å². The summed E-state index contributed by atoms with van der Waals surface area (Å²) in [4.78, 5) is 14.1. The van der Waals surface area contributed by atoms with Crippen molar-refractivity contribution >= 4 is 5.78 Å². The molecule has 3 nitrogen and oxygen atoms in total. The van der Waals surface area contributed by atoms with Crippen LogP contribution in [-0.4, -0.2) is 41.5 Å². The molecule has 0 aliphatic carbocycles. The van der Waals surface area contributed by atoms with Crippen LogP contribution < -0.4 is 0 Å². The van der Waals surface area contributed by atoms with Gasteiger partial charge in [-0.2, -0.15) is 0 Å². The summed E-state index contributed by atoms with van der Waals surface area (Å²) in [7, 11) is 0. The van der Waals surface area contributed by atoms with Gasteiger partial charge in [-0.05, 0) is 50.9 Å². The summed E-state index contributed by atoms with van der Waals surface area (Å²) in [5.41, 5.74) is 0.428. The van der Waals surface area contributed by atoms with Crippen LogP contribution >= 0.6 is 0 Å². The zero-order valence-corrected chi connectivity index (χ0v) is 11.2. The van der Waals surface area contributed by atoms with Crippen molar-refractivity contribution in [3.8, 4) is 0 Å². The lowest BCUT2D eigenvalue weighted by Crippen LogP contribution is -2.39. The van der Waals surface area contributed by atoms with Gasteiger partial charge in [0.15, 0.2) is 5.78 Å². The van der Waals surface area contributed by atoms with E-state index in [4.69, 9.17) is 0 Å². The molecule has 1 heterocycles. The van der Waals surface area contributed by atoms with E-state index in [0.717, 1.165) is 25.9 Å². The first kappa shape index (κ1) is 14.2. The summed E-state index contributed by atoms with van der Waals surface area (Å²) in [6.07, 6.45) is 1.54. The lowest BCUT2D eigenvalue weighted by atomic mass is 9.92. The SMILES string of the molecule is CC(O)C1CCN(CC(=O)c2cccc(F)c2)CC1. The van der Waals surface area contributed by atoms with Crippen LogP contribution in [0.2, 0.25) is 0 Å². The van der Waals surface area contributed by atoms with Crippen LogP contribution in [0.1, 0.15) is 30.1 Å². The molecule has 1 fully saturated rings. The minimum Gasteiger partial charge on any atom is -0.393 e. The third-order valence-corrected chi connectivity index (χ3v) is 3.83. The number of hydrogen-bond donors (Lipinski definition) is 1. The Balaban J connectivity index is 1.87. The highest BCUT2D eigenvalue weighted by atomic mass is 19.1. The van der Waals surface area contributed by atoms with Crippen molar-refractivity contribution in [2.24, 2.45) is 5.92 Å². The third kappa shape index (κ3) is 3.85. The maximum Gasteiger partial charge on any atom is 0.176 e. The van der Waals surface area contributed by atoms with Gasteiger partial charge in [-0.3, -0.25) is 9.69 Å². The number of aliphatic hydroxyl groups excluding tert-OH is 1. The van der Waals surface area contributed by atoms with E-state index in [0.29, 0.717) is 18.0 Å². The molecule has 1 saturated heterocycles. The first-order valence-corrected chi connectivity index (χ1v) is 6.75. The average Bonchev–Trinajstić information content (AvgIpc) is 2.39. The molecule has 1 N–H and O–H groups in total. The Morgan fingerprint density at radius 2 is 2.16 bits per heavy atom. The van der Waals surface area contributed by atoms with Crippen molar-refractivity contribution in [2.75, 3.05) is 19.6 Å². The number of carbonyl (C=O) groups excluding carboxylic acids is 1. The zero-order chi connectivity index (χ0) is 13.8. The van der Waals surface area contributed by atoms with Crippen LogP contribution in [0.5, 0.6) is 0 Å². The number of benzene rings is 1. The van der Waals surface area contributed by atoms with Gasteiger partial charge in [0, 0.05) is 5.56 Å². The Hall–Kier alpha value is -1.26. The van der Waals surface area contributed by atoms with Crippen LogP contribution in [0.4, 0.5) is 4.39 Å². The summed E-state index contributed by atoms with van der Waals surface area (Å²) >= 11 is 0. The molecule has 1 aromatic carbocycles. The van der Waals surface area contributed by atoms with Crippen molar-refractivity contribution < 1.29 is 14.3 Å². The molecule has 1 unspecified atom stereocenters. The van der Waals surface area contributed by atoms with Gasteiger partial charge in [0.05, 0.1) is 12.6 Å². The Labute approximate surface area is 113 Å². The standard InChI is InChI=1S/C15H20FNO2/c1-11(18)12-5-7-17(8-6-12)10-15(19)13-3-2-4-14(16)9-13/h2-4,9,11-12,18H,5-8,10H2,1H3. The Kier molecular flexibility index (Phi) is 4.66. The number of halogens is 1. The third-order valence-electron chi connectivity index (χ3n) is 3.83. The number of Topliss-reactive ketones (excluding diaryl/α,β-unsaturated/α-hetero) is 1. The van der Waals surface area contributed by atoms with Gasteiger partial charge in [0.1, 0.15) is 5.82 Å². The van der Waals surface area contributed by atoms with Gasteiger partial charge in [0.25, 0.3) is 0 Å². The molecule has 0 spiro atoms. The molecule has 0 radical (unpaired) electrons. The van der Waals surface area contributed by atoms with E-state index in [1.165, 1.54) is 12.1 Å². The number of ketones is 1. The fourth-order valence-corrected chi connectivity index (χ4v) is 2.55. The largest absolute Gasteiger partial charge is 0.393 e. The summed E-state index contributed by atoms with van der Waals surface area (Å²) in [6, 6.07) is 5.83. The first-order valence-electron chi connectivity index (χ1n) is 6.75. The molecule has 1 aromatic rings. The van der Waals surface area contributed by atoms with Crippen molar-refractivity contribution in [2.45, 2.75) is 25.9 Å². The van der Waals surface area contributed by atoms with Crippen molar-refractivity contribution in [3.05, 3.63) is 35.6 Å². The highest BCUT2D eigenvalue weighted by molar-refractivity contribution is 5.97. The quantitative estimate of drug-likeness (QED) is 0.848. The van der Waals surface area contributed by atoms with Crippen LogP contribution in [0, 0.1) is 11.7 Å². The summed E-state index contributed by atoms with van der Waals surface area (Å²) in [6.45, 7) is 3.78. The Morgan fingerprint density at radius 1 is 1.47 bits per heavy atom. The topological polar surface area (TPSA) is 40.5 Å². The molecule has 1 aliphatic heterocycles.